The molecule has 3 aromatic rings. The predicted octanol–water partition coefficient (Wildman–Crippen LogP) is 3.37. The van der Waals surface area contributed by atoms with Gasteiger partial charge in [-0.05, 0) is 72.4 Å². The van der Waals surface area contributed by atoms with E-state index < -0.39 is 0 Å². The van der Waals surface area contributed by atoms with Crippen molar-refractivity contribution >= 4 is 27.5 Å². The Hall–Kier alpha value is -1.99. The van der Waals surface area contributed by atoms with Crippen LogP contribution >= 0.6 is 15.9 Å². The maximum absolute atomic E-state index is 4.86. The molecule has 26 heavy (non-hydrogen) atoms. The van der Waals surface area contributed by atoms with E-state index in [0.717, 1.165) is 39.5 Å². The van der Waals surface area contributed by atoms with Gasteiger partial charge in [0.2, 0.25) is 5.95 Å². The number of aromatic nitrogens is 4. The van der Waals surface area contributed by atoms with Gasteiger partial charge in [-0.25, -0.2) is 15.0 Å². The van der Waals surface area contributed by atoms with Gasteiger partial charge in [0.1, 0.15) is 5.65 Å². The Bertz CT molecular complexity index is 960. The average Bonchev–Trinajstić information content (AvgIpc) is 3.07. The number of nitrogens with one attached hydrogen (secondary N) is 1. The van der Waals surface area contributed by atoms with Crippen LogP contribution in [-0.4, -0.2) is 49.9 Å². The molecule has 0 radical (unpaired) electrons. The number of fused-ring (bicyclic) bond motifs is 4. The van der Waals surface area contributed by atoms with E-state index in [2.05, 4.69) is 40.5 Å². The minimum Gasteiger partial charge on any atom is -0.350 e. The van der Waals surface area contributed by atoms with E-state index in [0.29, 0.717) is 12.0 Å². The van der Waals surface area contributed by atoms with E-state index in [4.69, 9.17) is 4.98 Å². The van der Waals surface area contributed by atoms with Gasteiger partial charge in [-0.15, -0.1) is 0 Å². The van der Waals surface area contributed by atoms with Crippen LogP contribution in [0.3, 0.4) is 0 Å². The van der Waals surface area contributed by atoms with Crippen LogP contribution in [0.5, 0.6) is 0 Å². The number of aryl methyl sites for hydroxylation is 1. The van der Waals surface area contributed by atoms with Crippen LogP contribution in [0, 0.1) is 12.8 Å². The van der Waals surface area contributed by atoms with Crippen molar-refractivity contribution in [2.45, 2.75) is 25.8 Å². The van der Waals surface area contributed by atoms with Gasteiger partial charge in [-0.3, -0.25) is 4.40 Å². The molecule has 6 nitrogen and oxygen atoms in total. The molecule has 134 valence electrons. The van der Waals surface area contributed by atoms with Crippen molar-refractivity contribution in [3.63, 3.8) is 0 Å². The van der Waals surface area contributed by atoms with Crippen LogP contribution in [0.1, 0.15) is 18.4 Å². The monoisotopic (exact) mass is 412 g/mol. The van der Waals surface area contributed by atoms with Crippen molar-refractivity contribution in [1.29, 1.82) is 0 Å². The summed E-state index contributed by atoms with van der Waals surface area (Å²) < 4.78 is 3.08. The van der Waals surface area contributed by atoms with Crippen molar-refractivity contribution in [1.82, 2.24) is 24.3 Å². The number of rotatable bonds is 3. The summed E-state index contributed by atoms with van der Waals surface area (Å²) in [4.78, 5) is 16.4. The minimum absolute atomic E-state index is 0.449. The van der Waals surface area contributed by atoms with E-state index in [1.807, 2.05) is 37.6 Å². The molecule has 1 atom stereocenters. The molecule has 3 aliphatic rings. The Kier molecular flexibility index (Phi) is 3.94. The third-order valence-corrected chi connectivity index (χ3v) is 6.12. The number of hydrogen-bond donors (Lipinski definition) is 1. The summed E-state index contributed by atoms with van der Waals surface area (Å²) in [6.45, 7) is 5.61. The van der Waals surface area contributed by atoms with Gasteiger partial charge < -0.3 is 10.2 Å². The highest BCUT2D eigenvalue weighted by Gasteiger charge is 2.34. The predicted molar refractivity (Wildman–Crippen MR) is 105 cm³/mol. The number of piperidine rings is 3. The summed E-state index contributed by atoms with van der Waals surface area (Å²) in [6, 6.07) is 4.44. The van der Waals surface area contributed by atoms with Gasteiger partial charge in [0.15, 0.2) is 0 Å². The maximum atomic E-state index is 4.86. The second kappa shape index (κ2) is 6.32. The molecule has 1 unspecified atom stereocenters. The highest BCUT2D eigenvalue weighted by atomic mass is 79.9. The first-order valence-electron chi connectivity index (χ1n) is 9.13. The fourth-order valence-electron chi connectivity index (χ4n) is 4.20. The van der Waals surface area contributed by atoms with Crippen LogP contribution in [0.2, 0.25) is 0 Å². The lowest BCUT2D eigenvalue weighted by Gasteiger charge is -2.44. The Morgan fingerprint density at radius 2 is 2.00 bits per heavy atom. The lowest BCUT2D eigenvalue weighted by Crippen LogP contribution is -2.53. The quantitative estimate of drug-likeness (QED) is 0.714. The molecule has 3 aliphatic heterocycles. The lowest BCUT2D eigenvalue weighted by atomic mass is 9.84. The van der Waals surface area contributed by atoms with Crippen LogP contribution in [0.25, 0.3) is 17.0 Å². The molecule has 2 bridgehead atoms. The molecular formula is C19H21BrN6. The SMILES string of the molecule is Cc1cnc(NC2CN3CCC2CC3)nc1-c1cnc2ccc(Br)cn12. The first-order chi connectivity index (χ1) is 12.7. The number of imidazole rings is 1. The largest absolute Gasteiger partial charge is 0.350 e. The Balaban J connectivity index is 1.49. The second-order valence-electron chi connectivity index (χ2n) is 7.33. The molecule has 1 N–H and O–H groups in total. The Morgan fingerprint density at radius 3 is 2.77 bits per heavy atom. The highest BCUT2D eigenvalue weighted by molar-refractivity contribution is 9.10. The molecule has 6 rings (SSSR count). The van der Waals surface area contributed by atoms with E-state index in [9.17, 15) is 0 Å². The number of anilines is 1. The summed E-state index contributed by atoms with van der Waals surface area (Å²) in [7, 11) is 0. The van der Waals surface area contributed by atoms with Crippen molar-refractivity contribution in [2.24, 2.45) is 5.92 Å². The van der Waals surface area contributed by atoms with Crippen LogP contribution in [0.4, 0.5) is 5.95 Å². The highest BCUT2D eigenvalue weighted by Crippen LogP contribution is 2.30. The summed E-state index contributed by atoms with van der Waals surface area (Å²) >= 11 is 3.54. The van der Waals surface area contributed by atoms with Crippen molar-refractivity contribution < 1.29 is 0 Å². The topological polar surface area (TPSA) is 58.4 Å². The zero-order valence-corrected chi connectivity index (χ0v) is 16.3. The van der Waals surface area contributed by atoms with Gasteiger partial charge in [0, 0.05) is 29.5 Å². The number of halogens is 1. The van der Waals surface area contributed by atoms with Crippen LogP contribution in [-0.2, 0) is 0 Å². The number of hydrogen-bond acceptors (Lipinski definition) is 5. The zero-order valence-electron chi connectivity index (χ0n) is 14.7. The van der Waals surface area contributed by atoms with Crippen molar-refractivity contribution in [3.05, 3.63) is 40.8 Å². The lowest BCUT2D eigenvalue weighted by molar-refractivity contribution is 0.0972. The third kappa shape index (κ3) is 2.79. The van der Waals surface area contributed by atoms with E-state index in [1.165, 1.54) is 25.9 Å². The van der Waals surface area contributed by atoms with Crippen LogP contribution in [0.15, 0.2) is 35.2 Å². The van der Waals surface area contributed by atoms with Crippen LogP contribution < -0.4 is 5.32 Å². The third-order valence-electron chi connectivity index (χ3n) is 5.65. The van der Waals surface area contributed by atoms with Crippen molar-refractivity contribution in [2.75, 3.05) is 25.0 Å². The smallest absolute Gasteiger partial charge is 0.223 e. The fourth-order valence-corrected chi connectivity index (χ4v) is 4.53. The molecule has 3 fully saturated rings. The van der Waals surface area contributed by atoms with E-state index >= 15 is 0 Å². The summed E-state index contributed by atoms with van der Waals surface area (Å²) in [5.74, 6) is 1.45. The van der Waals surface area contributed by atoms with E-state index in [1.54, 1.807) is 0 Å². The molecule has 3 saturated heterocycles. The molecular weight excluding hydrogens is 392 g/mol. The first-order valence-corrected chi connectivity index (χ1v) is 9.92. The van der Waals surface area contributed by atoms with Crippen molar-refractivity contribution in [3.8, 4) is 11.4 Å². The van der Waals surface area contributed by atoms with E-state index in [-0.39, 0.29) is 0 Å². The fraction of sp³-hybridized carbons (Fsp3) is 0.421. The summed E-state index contributed by atoms with van der Waals surface area (Å²) in [5.41, 5.74) is 3.87. The molecule has 7 heteroatoms. The molecule has 0 spiro atoms. The second-order valence-corrected chi connectivity index (χ2v) is 8.25. The molecule has 0 saturated carbocycles. The first kappa shape index (κ1) is 16.2. The van der Waals surface area contributed by atoms with Gasteiger partial charge in [-0.1, -0.05) is 0 Å². The van der Waals surface area contributed by atoms with Gasteiger partial charge in [-0.2, -0.15) is 0 Å². The Morgan fingerprint density at radius 1 is 1.15 bits per heavy atom. The zero-order chi connectivity index (χ0) is 17.7. The summed E-state index contributed by atoms with van der Waals surface area (Å²) in [5, 5.41) is 3.60. The van der Waals surface area contributed by atoms with Gasteiger partial charge >= 0.3 is 0 Å². The summed E-state index contributed by atoms with van der Waals surface area (Å²) in [6.07, 6.45) is 8.37. The molecule has 3 aromatic heterocycles. The van der Waals surface area contributed by atoms with Gasteiger partial charge in [0.05, 0.1) is 17.6 Å². The molecule has 6 heterocycles. The standard InChI is InChI=1S/C19H21BrN6/c1-12-8-22-19(23-15-11-25-6-4-13(15)5-7-25)24-18(12)16-9-21-17-3-2-14(20)10-26(16)17/h2-3,8-10,13,15H,4-7,11H2,1H3,(H,22,23,24). The Labute approximate surface area is 160 Å². The molecule has 0 amide bonds. The number of nitrogens with zero attached hydrogens (tertiary/aromatic N) is 5. The maximum Gasteiger partial charge on any atom is 0.223 e. The molecule has 0 aromatic carbocycles. The number of pyridine rings is 1. The average molecular weight is 413 g/mol. The minimum atomic E-state index is 0.449. The normalized spacial score (nSPS) is 24.9. The van der Waals surface area contributed by atoms with Gasteiger partial charge in [0.25, 0.3) is 0 Å². The molecule has 0 aliphatic carbocycles.